The van der Waals surface area contributed by atoms with Crippen LogP contribution in [0.15, 0.2) is 59.7 Å². The molecule has 2 unspecified atom stereocenters. The molecule has 1 amide bonds. The van der Waals surface area contributed by atoms with Crippen LogP contribution in [0.5, 0.6) is 0 Å². The Labute approximate surface area is 213 Å². The summed E-state index contributed by atoms with van der Waals surface area (Å²) < 4.78 is 3.44. The highest BCUT2D eigenvalue weighted by atomic mass is 16.4. The Morgan fingerprint density at radius 1 is 1.08 bits per heavy atom. The summed E-state index contributed by atoms with van der Waals surface area (Å²) in [6, 6.07) is 13.6. The van der Waals surface area contributed by atoms with Crippen molar-refractivity contribution in [2.24, 2.45) is 13.0 Å². The van der Waals surface area contributed by atoms with Crippen molar-refractivity contribution in [2.75, 3.05) is 6.54 Å². The van der Waals surface area contributed by atoms with Crippen molar-refractivity contribution < 1.29 is 9.90 Å². The van der Waals surface area contributed by atoms with Crippen molar-refractivity contribution in [3.8, 4) is 11.3 Å². The minimum Gasteiger partial charge on any atom is -0.465 e. The first-order valence-electron chi connectivity index (χ1n) is 12.5. The van der Waals surface area contributed by atoms with Gasteiger partial charge in [0.05, 0.1) is 34.0 Å². The van der Waals surface area contributed by atoms with Crippen LogP contribution in [-0.4, -0.2) is 52.8 Å². The number of hydrogen-bond donors (Lipinski definition) is 1. The number of amides is 1. The van der Waals surface area contributed by atoms with Gasteiger partial charge in [-0.3, -0.25) is 19.1 Å². The smallest absolute Gasteiger partial charge is 0.407 e. The molecular weight excluding hydrogens is 468 g/mol. The second-order valence-corrected chi connectivity index (χ2v) is 10.2. The van der Waals surface area contributed by atoms with E-state index in [1.54, 1.807) is 17.8 Å². The van der Waals surface area contributed by atoms with Crippen LogP contribution >= 0.6 is 0 Å². The molecule has 9 nitrogen and oxygen atoms in total. The standard InChI is InChI=1S/C28H28N6O3/c1-16(2)23-13-19(10-11-33(23)28(36)37)34-26-24(32(3)27(34)35)15-30-22-9-8-21(31-25(22)26)18-12-17-6-4-5-7-20(17)29-14-18/h4-9,12,14-16,19,23H,10-11,13H2,1-3H3,(H,36,37). The number of fused-ring (bicyclic) bond motifs is 4. The number of pyridine rings is 3. The Hall–Kier alpha value is -4.27. The van der Waals surface area contributed by atoms with Gasteiger partial charge in [-0.2, -0.15) is 0 Å². The number of aromatic nitrogens is 5. The fourth-order valence-electron chi connectivity index (χ4n) is 5.68. The van der Waals surface area contributed by atoms with E-state index in [-0.39, 0.29) is 23.7 Å². The van der Waals surface area contributed by atoms with E-state index in [2.05, 4.69) is 16.0 Å². The van der Waals surface area contributed by atoms with Gasteiger partial charge in [-0.05, 0) is 43.0 Å². The van der Waals surface area contributed by atoms with E-state index in [4.69, 9.17) is 4.98 Å². The average Bonchev–Trinajstić information content (AvgIpc) is 3.17. The molecule has 1 aromatic carbocycles. The van der Waals surface area contributed by atoms with Crippen molar-refractivity contribution in [3.63, 3.8) is 0 Å². The molecule has 1 saturated heterocycles. The second kappa shape index (κ2) is 8.69. The highest BCUT2D eigenvalue weighted by molar-refractivity contribution is 6.00. The number of aryl methyl sites for hydroxylation is 1. The summed E-state index contributed by atoms with van der Waals surface area (Å²) in [4.78, 5) is 41.1. The molecule has 5 aromatic rings. The summed E-state index contributed by atoms with van der Waals surface area (Å²) in [6.45, 7) is 4.44. The molecule has 188 valence electrons. The summed E-state index contributed by atoms with van der Waals surface area (Å²) in [5, 5.41) is 10.7. The summed E-state index contributed by atoms with van der Waals surface area (Å²) in [5.74, 6) is 0.133. The lowest BCUT2D eigenvalue weighted by molar-refractivity contribution is 0.0730. The highest BCUT2D eigenvalue weighted by Crippen LogP contribution is 2.34. The lowest BCUT2D eigenvalue weighted by atomic mass is 9.89. The zero-order valence-electron chi connectivity index (χ0n) is 21.0. The number of nitrogens with zero attached hydrogens (tertiary/aromatic N) is 6. The van der Waals surface area contributed by atoms with E-state index >= 15 is 0 Å². The third kappa shape index (κ3) is 3.73. The number of likely N-dealkylation sites (tertiary alicyclic amines) is 1. The molecule has 37 heavy (non-hydrogen) atoms. The first kappa shape index (κ1) is 23.1. The van der Waals surface area contributed by atoms with Gasteiger partial charge in [0, 0.05) is 42.8 Å². The predicted molar refractivity (Wildman–Crippen MR) is 143 cm³/mol. The van der Waals surface area contributed by atoms with Crippen LogP contribution in [0.2, 0.25) is 0 Å². The third-order valence-corrected chi connectivity index (χ3v) is 7.65. The van der Waals surface area contributed by atoms with Crippen LogP contribution in [0.25, 0.3) is 44.2 Å². The Bertz CT molecular complexity index is 1740. The monoisotopic (exact) mass is 496 g/mol. The Kier molecular flexibility index (Phi) is 5.43. The Balaban J connectivity index is 1.53. The third-order valence-electron chi connectivity index (χ3n) is 7.65. The Morgan fingerprint density at radius 3 is 2.65 bits per heavy atom. The normalized spacial score (nSPS) is 18.3. The fraction of sp³-hybridized carbons (Fsp3) is 0.321. The molecule has 0 spiro atoms. The van der Waals surface area contributed by atoms with Crippen LogP contribution < -0.4 is 5.69 Å². The molecule has 5 heterocycles. The fourth-order valence-corrected chi connectivity index (χ4v) is 5.68. The van der Waals surface area contributed by atoms with Gasteiger partial charge in [0.1, 0.15) is 5.52 Å². The van der Waals surface area contributed by atoms with E-state index in [9.17, 15) is 14.7 Å². The van der Waals surface area contributed by atoms with E-state index in [0.717, 1.165) is 27.7 Å². The summed E-state index contributed by atoms with van der Waals surface area (Å²) in [6.07, 6.45) is 3.76. The molecule has 1 fully saturated rings. The maximum Gasteiger partial charge on any atom is 0.407 e. The van der Waals surface area contributed by atoms with Gasteiger partial charge in [-0.15, -0.1) is 0 Å². The van der Waals surface area contributed by atoms with E-state index in [1.807, 2.05) is 61.0 Å². The maximum absolute atomic E-state index is 13.6. The SMILES string of the molecule is CC(C)C1CC(n2c(=O)n(C)c3cnc4ccc(-c5cnc6ccccc6c5)nc4c32)CCN1C(=O)O. The molecule has 1 aliphatic rings. The van der Waals surface area contributed by atoms with Crippen molar-refractivity contribution in [2.45, 2.75) is 38.8 Å². The number of hydrogen-bond acceptors (Lipinski definition) is 5. The molecule has 4 aromatic heterocycles. The van der Waals surface area contributed by atoms with Crippen molar-refractivity contribution >= 4 is 39.1 Å². The zero-order chi connectivity index (χ0) is 25.8. The lowest BCUT2D eigenvalue weighted by Gasteiger charge is -2.40. The van der Waals surface area contributed by atoms with Crippen LogP contribution in [-0.2, 0) is 7.05 Å². The van der Waals surface area contributed by atoms with Gasteiger partial charge in [0.2, 0.25) is 0 Å². The molecule has 1 N–H and O–H groups in total. The number of benzene rings is 1. The minimum atomic E-state index is -0.910. The van der Waals surface area contributed by atoms with Crippen LogP contribution in [0.4, 0.5) is 4.79 Å². The van der Waals surface area contributed by atoms with E-state index in [1.165, 1.54) is 4.90 Å². The largest absolute Gasteiger partial charge is 0.465 e. The quantitative estimate of drug-likeness (QED) is 0.383. The van der Waals surface area contributed by atoms with Gasteiger partial charge in [0.15, 0.2) is 0 Å². The summed E-state index contributed by atoms with van der Waals surface area (Å²) in [5.41, 5.74) is 5.22. The number of rotatable bonds is 3. The molecule has 2 atom stereocenters. The topological polar surface area (TPSA) is 106 Å². The van der Waals surface area contributed by atoms with Crippen LogP contribution in [0, 0.1) is 5.92 Å². The Morgan fingerprint density at radius 2 is 1.86 bits per heavy atom. The molecule has 0 saturated carbocycles. The number of piperidine rings is 1. The molecule has 0 aliphatic carbocycles. The molecule has 9 heteroatoms. The number of imidazole rings is 1. The van der Waals surface area contributed by atoms with Crippen molar-refractivity contribution in [1.29, 1.82) is 0 Å². The van der Waals surface area contributed by atoms with Crippen molar-refractivity contribution in [1.82, 2.24) is 29.0 Å². The number of carbonyl (C=O) groups is 1. The predicted octanol–water partition coefficient (Wildman–Crippen LogP) is 4.84. The second-order valence-electron chi connectivity index (χ2n) is 10.2. The summed E-state index contributed by atoms with van der Waals surface area (Å²) in [7, 11) is 1.75. The van der Waals surface area contributed by atoms with Gasteiger partial charge in [-0.25, -0.2) is 14.6 Å². The highest BCUT2D eigenvalue weighted by Gasteiger charge is 2.36. The average molecular weight is 497 g/mol. The zero-order valence-corrected chi connectivity index (χ0v) is 21.0. The molecule has 6 rings (SSSR count). The van der Waals surface area contributed by atoms with Gasteiger partial charge >= 0.3 is 11.8 Å². The number of para-hydroxylation sites is 1. The lowest BCUT2D eigenvalue weighted by Crippen LogP contribution is -2.49. The van der Waals surface area contributed by atoms with Gasteiger partial charge in [0.25, 0.3) is 0 Å². The van der Waals surface area contributed by atoms with Crippen molar-refractivity contribution in [3.05, 3.63) is 65.3 Å². The van der Waals surface area contributed by atoms with Gasteiger partial charge < -0.3 is 10.0 Å². The van der Waals surface area contributed by atoms with Crippen LogP contribution in [0.3, 0.4) is 0 Å². The van der Waals surface area contributed by atoms with Gasteiger partial charge in [-0.1, -0.05) is 32.0 Å². The molecule has 0 bridgehead atoms. The van der Waals surface area contributed by atoms with E-state index < -0.39 is 6.09 Å². The maximum atomic E-state index is 13.6. The molecule has 1 aliphatic heterocycles. The summed E-state index contributed by atoms with van der Waals surface area (Å²) >= 11 is 0. The first-order valence-corrected chi connectivity index (χ1v) is 12.5. The van der Waals surface area contributed by atoms with E-state index in [0.29, 0.717) is 35.9 Å². The minimum absolute atomic E-state index is 0.133. The first-order chi connectivity index (χ1) is 17.8. The number of carboxylic acid groups (broad SMARTS) is 1. The molecular formula is C28H28N6O3. The van der Waals surface area contributed by atoms with Crippen LogP contribution in [0.1, 0.15) is 32.7 Å². The molecule has 0 radical (unpaired) electrons.